The van der Waals surface area contributed by atoms with E-state index >= 15 is 0 Å². The molecule has 0 bridgehead atoms. The predicted octanol–water partition coefficient (Wildman–Crippen LogP) is 1.87. The van der Waals surface area contributed by atoms with Crippen molar-refractivity contribution in [2.75, 3.05) is 17.7 Å². The molecule has 0 aliphatic heterocycles. The van der Waals surface area contributed by atoms with Gasteiger partial charge in [-0.1, -0.05) is 12.1 Å². The molecule has 1 aromatic heterocycles. The Morgan fingerprint density at radius 2 is 2.11 bits per heavy atom. The van der Waals surface area contributed by atoms with E-state index < -0.39 is 10.7 Å². The van der Waals surface area contributed by atoms with E-state index in [-0.39, 0.29) is 23.1 Å². The first-order valence-electron chi connectivity index (χ1n) is 5.26. The summed E-state index contributed by atoms with van der Waals surface area (Å²) >= 11 is 0. The molecule has 0 unspecified atom stereocenters. The number of nitrogens with two attached hydrogens (primary N) is 1. The molecule has 0 amide bonds. The zero-order valence-corrected chi connectivity index (χ0v) is 9.95. The van der Waals surface area contributed by atoms with Gasteiger partial charge in [-0.15, -0.1) is 0 Å². The minimum absolute atomic E-state index is 0.0670. The van der Waals surface area contributed by atoms with Gasteiger partial charge in [-0.3, -0.25) is 10.1 Å². The SMILES string of the molecule is CN(c1ccccc1F)c1nc(N)ncc1[N+](=O)[O-]. The van der Waals surface area contributed by atoms with Crippen molar-refractivity contribution in [3.63, 3.8) is 0 Å². The molecule has 7 nitrogen and oxygen atoms in total. The molecular formula is C11H10FN5O2. The molecule has 0 aliphatic carbocycles. The number of rotatable bonds is 3. The van der Waals surface area contributed by atoms with E-state index in [2.05, 4.69) is 9.97 Å². The van der Waals surface area contributed by atoms with E-state index in [0.29, 0.717) is 0 Å². The maximum Gasteiger partial charge on any atom is 0.330 e. The molecule has 0 radical (unpaired) electrons. The van der Waals surface area contributed by atoms with Crippen molar-refractivity contribution in [3.8, 4) is 0 Å². The zero-order valence-electron chi connectivity index (χ0n) is 9.95. The molecule has 0 aliphatic rings. The summed E-state index contributed by atoms with van der Waals surface area (Å²) in [6, 6.07) is 5.88. The van der Waals surface area contributed by atoms with Crippen molar-refractivity contribution in [2.45, 2.75) is 0 Å². The summed E-state index contributed by atoms with van der Waals surface area (Å²) in [6.45, 7) is 0. The first-order chi connectivity index (χ1) is 9.00. The highest BCUT2D eigenvalue weighted by atomic mass is 19.1. The lowest BCUT2D eigenvalue weighted by Gasteiger charge is -2.18. The average Bonchev–Trinajstić information content (AvgIpc) is 2.38. The Balaban J connectivity index is 2.55. The molecule has 19 heavy (non-hydrogen) atoms. The third-order valence-electron chi connectivity index (χ3n) is 2.50. The van der Waals surface area contributed by atoms with Gasteiger partial charge in [0.15, 0.2) is 0 Å². The van der Waals surface area contributed by atoms with Crippen LogP contribution >= 0.6 is 0 Å². The van der Waals surface area contributed by atoms with E-state index in [0.717, 1.165) is 6.20 Å². The number of hydrogen-bond acceptors (Lipinski definition) is 6. The monoisotopic (exact) mass is 263 g/mol. The minimum atomic E-state index is -0.647. The van der Waals surface area contributed by atoms with Crippen molar-refractivity contribution in [1.82, 2.24) is 9.97 Å². The molecule has 0 spiro atoms. The second kappa shape index (κ2) is 4.84. The quantitative estimate of drug-likeness (QED) is 0.670. The number of aromatic nitrogens is 2. The predicted molar refractivity (Wildman–Crippen MR) is 67.6 cm³/mol. The molecule has 2 aromatic rings. The first-order valence-corrected chi connectivity index (χ1v) is 5.26. The van der Waals surface area contributed by atoms with Crippen molar-refractivity contribution in [2.24, 2.45) is 0 Å². The van der Waals surface area contributed by atoms with Crippen molar-refractivity contribution >= 4 is 23.1 Å². The molecule has 0 fully saturated rings. The highest BCUT2D eigenvalue weighted by Crippen LogP contribution is 2.31. The first kappa shape index (κ1) is 12.7. The van der Waals surface area contributed by atoms with Crippen LogP contribution < -0.4 is 10.6 Å². The van der Waals surface area contributed by atoms with Gasteiger partial charge in [0, 0.05) is 7.05 Å². The Labute approximate surface area is 107 Å². The van der Waals surface area contributed by atoms with E-state index in [9.17, 15) is 14.5 Å². The van der Waals surface area contributed by atoms with Gasteiger partial charge in [0.25, 0.3) is 0 Å². The van der Waals surface area contributed by atoms with Gasteiger partial charge in [-0.25, -0.2) is 9.37 Å². The lowest BCUT2D eigenvalue weighted by atomic mass is 10.2. The van der Waals surface area contributed by atoms with Crippen LogP contribution in [0.15, 0.2) is 30.5 Å². The maximum atomic E-state index is 13.7. The molecule has 1 heterocycles. The summed E-state index contributed by atoms with van der Waals surface area (Å²) in [4.78, 5) is 18.9. The van der Waals surface area contributed by atoms with Gasteiger partial charge in [0.1, 0.15) is 12.0 Å². The molecule has 98 valence electrons. The Morgan fingerprint density at radius 1 is 1.42 bits per heavy atom. The Kier molecular flexibility index (Phi) is 3.23. The zero-order chi connectivity index (χ0) is 14.0. The van der Waals surface area contributed by atoms with Crippen molar-refractivity contribution in [3.05, 3.63) is 46.4 Å². The average molecular weight is 263 g/mol. The van der Waals surface area contributed by atoms with Crippen LogP contribution in [0.2, 0.25) is 0 Å². The van der Waals surface area contributed by atoms with Gasteiger partial charge in [-0.2, -0.15) is 4.98 Å². The lowest BCUT2D eigenvalue weighted by molar-refractivity contribution is -0.384. The van der Waals surface area contributed by atoms with Crippen LogP contribution in [-0.4, -0.2) is 21.9 Å². The number of halogens is 1. The molecule has 0 saturated carbocycles. The largest absolute Gasteiger partial charge is 0.368 e. The van der Waals surface area contributed by atoms with Gasteiger partial charge < -0.3 is 10.6 Å². The van der Waals surface area contributed by atoms with E-state index in [4.69, 9.17) is 5.73 Å². The van der Waals surface area contributed by atoms with Gasteiger partial charge in [0.05, 0.1) is 10.6 Å². The van der Waals surface area contributed by atoms with Crippen molar-refractivity contribution in [1.29, 1.82) is 0 Å². The number of nitrogen functional groups attached to an aromatic ring is 1. The lowest BCUT2D eigenvalue weighted by Crippen LogP contribution is -2.16. The van der Waals surface area contributed by atoms with Crippen LogP contribution in [0.4, 0.5) is 27.5 Å². The molecule has 0 atom stereocenters. The molecule has 8 heteroatoms. The molecule has 2 rings (SSSR count). The highest BCUT2D eigenvalue weighted by molar-refractivity contribution is 5.68. The third kappa shape index (κ3) is 2.41. The number of benzene rings is 1. The van der Waals surface area contributed by atoms with Crippen LogP contribution in [0.3, 0.4) is 0 Å². The summed E-state index contributed by atoms with van der Waals surface area (Å²) in [7, 11) is 1.47. The summed E-state index contributed by atoms with van der Waals surface area (Å²) in [5.41, 5.74) is 5.23. The Bertz CT molecular complexity index is 634. The normalized spacial score (nSPS) is 10.2. The third-order valence-corrected chi connectivity index (χ3v) is 2.50. The van der Waals surface area contributed by atoms with Crippen LogP contribution in [-0.2, 0) is 0 Å². The van der Waals surface area contributed by atoms with Gasteiger partial charge >= 0.3 is 5.69 Å². The second-order valence-electron chi connectivity index (χ2n) is 3.70. The van der Waals surface area contributed by atoms with Crippen LogP contribution in [0.25, 0.3) is 0 Å². The molecule has 2 N–H and O–H groups in total. The number of anilines is 3. The fourth-order valence-corrected chi connectivity index (χ4v) is 1.59. The van der Waals surface area contributed by atoms with E-state index in [1.165, 1.54) is 30.1 Å². The summed E-state index contributed by atoms with van der Waals surface area (Å²) in [5, 5.41) is 10.9. The molecule has 0 saturated heterocycles. The van der Waals surface area contributed by atoms with Gasteiger partial charge in [-0.05, 0) is 12.1 Å². The smallest absolute Gasteiger partial charge is 0.330 e. The standard InChI is InChI=1S/C11H10FN5O2/c1-16(8-5-3-2-4-7(8)12)10-9(17(18)19)6-14-11(13)15-10/h2-6H,1H3,(H2,13,14,15). The highest BCUT2D eigenvalue weighted by Gasteiger charge is 2.22. The fraction of sp³-hybridized carbons (Fsp3) is 0.0909. The van der Waals surface area contributed by atoms with Crippen LogP contribution in [0, 0.1) is 15.9 Å². The minimum Gasteiger partial charge on any atom is -0.368 e. The molecular weight excluding hydrogens is 253 g/mol. The molecule has 1 aromatic carbocycles. The Hall–Kier alpha value is -2.77. The van der Waals surface area contributed by atoms with E-state index in [1.807, 2.05) is 0 Å². The van der Waals surface area contributed by atoms with Crippen molar-refractivity contribution < 1.29 is 9.31 Å². The number of para-hydroxylation sites is 1. The maximum absolute atomic E-state index is 13.7. The summed E-state index contributed by atoms with van der Waals surface area (Å²) in [6.07, 6.45) is 0.995. The fourth-order valence-electron chi connectivity index (χ4n) is 1.59. The Morgan fingerprint density at radius 3 is 2.74 bits per heavy atom. The van der Waals surface area contributed by atoms with Gasteiger partial charge in [0.2, 0.25) is 11.8 Å². The van der Waals surface area contributed by atoms with E-state index in [1.54, 1.807) is 6.07 Å². The number of nitrogens with zero attached hydrogens (tertiary/aromatic N) is 4. The topological polar surface area (TPSA) is 98.2 Å². The van der Waals surface area contributed by atoms with Crippen LogP contribution in [0.5, 0.6) is 0 Å². The summed E-state index contributed by atoms with van der Waals surface area (Å²) in [5.74, 6) is -0.706. The number of hydrogen-bond donors (Lipinski definition) is 1. The summed E-state index contributed by atoms with van der Waals surface area (Å²) < 4.78 is 13.7. The second-order valence-corrected chi connectivity index (χ2v) is 3.70. The van der Waals surface area contributed by atoms with Crippen LogP contribution in [0.1, 0.15) is 0 Å². The number of nitro groups is 1.